The normalized spacial score (nSPS) is 12.1. The zero-order chi connectivity index (χ0) is 18.6. The van der Waals surface area contributed by atoms with Gasteiger partial charge in [0.25, 0.3) is 5.91 Å². The summed E-state index contributed by atoms with van der Waals surface area (Å²) in [5, 5.41) is 2.93. The molecule has 0 saturated heterocycles. The fourth-order valence-electron chi connectivity index (χ4n) is 2.62. The lowest BCUT2D eigenvalue weighted by molar-refractivity contribution is -0.147. The molecule has 0 aliphatic carbocycles. The van der Waals surface area contributed by atoms with Gasteiger partial charge in [-0.25, -0.2) is 0 Å². The molecule has 0 radical (unpaired) electrons. The number of hydrogen-bond donors (Lipinski definition) is 1. The SMILES string of the molecule is Cc1ccc(C(CC(=O)OC(C)C)NC(=O)c2cc(C)oc2C)cc1. The second kappa shape index (κ2) is 8.01. The van der Waals surface area contributed by atoms with Crippen molar-refractivity contribution in [1.29, 1.82) is 0 Å². The molecule has 1 atom stereocenters. The van der Waals surface area contributed by atoms with Crippen LogP contribution in [0.1, 0.15) is 59.3 Å². The number of hydrogen-bond acceptors (Lipinski definition) is 4. The summed E-state index contributed by atoms with van der Waals surface area (Å²) in [6.07, 6.45) is -0.122. The summed E-state index contributed by atoms with van der Waals surface area (Å²) in [6.45, 7) is 9.13. The number of rotatable bonds is 6. The summed E-state index contributed by atoms with van der Waals surface area (Å²) >= 11 is 0. The first-order chi connectivity index (χ1) is 11.8. The third-order valence-electron chi connectivity index (χ3n) is 3.81. The third kappa shape index (κ3) is 5.21. The Kier molecular flexibility index (Phi) is 6.02. The fourth-order valence-corrected chi connectivity index (χ4v) is 2.62. The van der Waals surface area contributed by atoms with Gasteiger partial charge in [-0.05, 0) is 46.2 Å². The highest BCUT2D eigenvalue weighted by Crippen LogP contribution is 2.21. The van der Waals surface area contributed by atoms with Crippen LogP contribution < -0.4 is 5.32 Å². The molecule has 5 nitrogen and oxygen atoms in total. The molecule has 1 N–H and O–H groups in total. The Balaban J connectivity index is 2.21. The molecule has 1 aromatic carbocycles. The summed E-state index contributed by atoms with van der Waals surface area (Å²) in [5.41, 5.74) is 2.45. The Bertz CT molecular complexity index is 744. The Morgan fingerprint density at radius 1 is 1.12 bits per heavy atom. The van der Waals surface area contributed by atoms with Gasteiger partial charge in [-0.3, -0.25) is 9.59 Å². The van der Waals surface area contributed by atoms with Gasteiger partial charge < -0.3 is 14.5 Å². The number of carbonyl (C=O) groups excluding carboxylic acids is 2. The van der Waals surface area contributed by atoms with Gasteiger partial charge in [-0.15, -0.1) is 0 Å². The van der Waals surface area contributed by atoms with Crippen LogP contribution in [0.5, 0.6) is 0 Å². The highest BCUT2D eigenvalue weighted by Gasteiger charge is 2.22. The monoisotopic (exact) mass is 343 g/mol. The molecule has 25 heavy (non-hydrogen) atoms. The smallest absolute Gasteiger partial charge is 0.308 e. The van der Waals surface area contributed by atoms with Gasteiger partial charge in [0, 0.05) is 0 Å². The molecule has 0 aliphatic heterocycles. The van der Waals surface area contributed by atoms with Gasteiger partial charge in [-0.2, -0.15) is 0 Å². The predicted octanol–water partition coefficient (Wildman–Crippen LogP) is 4.02. The highest BCUT2D eigenvalue weighted by atomic mass is 16.5. The number of ether oxygens (including phenoxy) is 1. The Hall–Kier alpha value is -2.56. The highest BCUT2D eigenvalue weighted by molar-refractivity contribution is 5.95. The molecule has 1 amide bonds. The minimum atomic E-state index is -0.464. The molecule has 134 valence electrons. The predicted molar refractivity (Wildman–Crippen MR) is 95.4 cm³/mol. The van der Waals surface area contributed by atoms with Crippen LogP contribution in [0, 0.1) is 20.8 Å². The van der Waals surface area contributed by atoms with Crippen LogP contribution in [0.3, 0.4) is 0 Å². The first-order valence-corrected chi connectivity index (χ1v) is 8.40. The third-order valence-corrected chi connectivity index (χ3v) is 3.81. The van der Waals surface area contributed by atoms with E-state index in [4.69, 9.17) is 9.15 Å². The minimum Gasteiger partial charge on any atom is -0.466 e. The van der Waals surface area contributed by atoms with Gasteiger partial charge in [-0.1, -0.05) is 29.8 Å². The quantitative estimate of drug-likeness (QED) is 0.805. The van der Waals surface area contributed by atoms with Crippen molar-refractivity contribution in [2.75, 3.05) is 0 Å². The molecule has 5 heteroatoms. The van der Waals surface area contributed by atoms with Gasteiger partial charge in [0.1, 0.15) is 11.5 Å². The molecule has 2 aromatic rings. The lowest BCUT2D eigenvalue weighted by Gasteiger charge is -2.19. The van der Waals surface area contributed by atoms with Crippen LogP contribution in [0.15, 0.2) is 34.7 Å². The molecule has 1 heterocycles. The zero-order valence-electron chi connectivity index (χ0n) is 15.4. The summed E-state index contributed by atoms with van der Waals surface area (Å²) in [4.78, 5) is 24.7. The lowest BCUT2D eigenvalue weighted by Crippen LogP contribution is -2.31. The summed E-state index contributed by atoms with van der Waals surface area (Å²) in [5.74, 6) is 0.620. The average Bonchev–Trinajstić information content (AvgIpc) is 2.85. The number of amides is 1. The second-order valence-electron chi connectivity index (χ2n) is 6.51. The van der Waals surface area contributed by atoms with Crippen molar-refractivity contribution in [3.05, 3.63) is 58.5 Å². The second-order valence-corrected chi connectivity index (χ2v) is 6.51. The number of benzene rings is 1. The molecule has 0 spiro atoms. The lowest BCUT2D eigenvalue weighted by atomic mass is 10.0. The van der Waals surface area contributed by atoms with Crippen LogP contribution in [0.25, 0.3) is 0 Å². The van der Waals surface area contributed by atoms with Crippen molar-refractivity contribution in [2.24, 2.45) is 0 Å². The van der Waals surface area contributed by atoms with Crippen LogP contribution in [0.2, 0.25) is 0 Å². The molecule has 0 fully saturated rings. The van der Waals surface area contributed by atoms with E-state index in [0.29, 0.717) is 17.1 Å². The topological polar surface area (TPSA) is 68.5 Å². The van der Waals surface area contributed by atoms with Gasteiger partial charge in [0.05, 0.1) is 24.1 Å². The molecule has 0 bridgehead atoms. The Labute approximate surface area is 148 Å². The fraction of sp³-hybridized carbons (Fsp3) is 0.400. The number of aryl methyl sites for hydroxylation is 3. The molecular weight excluding hydrogens is 318 g/mol. The summed E-state index contributed by atoms with van der Waals surface area (Å²) < 4.78 is 10.7. The number of esters is 1. The standard InChI is InChI=1S/C20H25NO4/c1-12(2)24-19(22)11-18(16-8-6-13(3)7-9-16)21-20(23)17-10-14(4)25-15(17)5/h6-10,12,18H,11H2,1-5H3,(H,21,23). The van der Waals surface area contributed by atoms with Gasteiger partial charge in [0.15, 0.2) is 0 Å². The van der Waals surface area contributed by atoms with E-state index in [1.54, 1.807) is 33.8 Å². The van der Waals surface area contributed by atoms with E-state index in [1.807, 2.05) is 31.2 Å². The van der Waals surface area contributed by atoms with Crippen molar-refractivity contribution in [1.82, 2.24) is 5.32 Å². The maximum atomic E-state index is 12.6. The van der Waals surface area contributed by atoms with Gasteiger partial charge >= 0.3 is 5.97 Å². The number of furan rings is 1. The molecule has 0 aliphatic rings. The van der Waals surface area contributed by atoms with Gasteiger partial charge in [0.2, 0.25) is 0 Å². The Morgan fingerprint density at radius 2 is 1.76 bits per heavy atom. The van der Waals surface area contributed by atoms with E-state index in [2.05, 4.69) is 5.32 Å². The average molecular weight is 343 g/mol. The first-order valence-electron chi connectivity index (χ1n) is 8.40. The largest absolute Gasteiger partial charge is 0.466 e. The molecule has 0 saturated carbocycles. The van der Waals surface area contributed by atoms with Crippen molar-refractivity contribution < 1.29 is 18.7 Å². The van der Waals surface area contributed by atoms with E-state index < -0.39 is 6.04 Å². The van der Waals surface area contributed by atoms with E-state index in [1.165, 1.54) is 0 Å². The van der Waals surface area contributed by atoms with Crippen LogP contribution >= 0.6 is 0 Å². The molecule has 1 aromatic heterocycles. The first kappa shape index (κ1) is 18.8. The van der Waals surface area contributed by atoms with Crippen LogP contribution in [0.4, 0.5) is 0 Å². The van der Waals surface area contributed by atoms with Crippen molar-refractivity contribution in [3.63, 3.8) is 0 Å². The maximum Gasteiger partial charge on any atom is 0.308 e. The summed E-state index contributed by atoms with van der Waals surface area (Å²) in [7, 11) is 0. The van der Waals surface area contributed by atoms with E-state index in [9.17, 15) is 9.59 Å². The minimum absolute atomic E-state index is 0.0723. The van der Waals surface area contributed by atoms with Crippen molar-refractivity contribution in [2.45, 2.75) is 53.2 Å². The number of carbonyl (C=O) groups is 2. The van der Waals surface area contributed by atoms with Crippen molar-refractivity contribution >= 4 is 11.9 Å². The van der Waals surface area contributed by atoms with Crippen LogP contribution in [-0.2, 0) is 9.53 Å². The Morgan fingerprint density at radius 3 is 2.28 bits per heavy atom. The molecular formula is C20H25NO4. The van der Waals surface area contributed by atoms with E-state index in [-0.39, 0.29) is 24.4 Å². The maximum absolute atomic E-state index is 12.6. The zero-order valence-corrected chi connectivity index (χ0v) is 15.4. The number of nitrogens with one attached hydrogen (secondary N) is 1. The van der Waals surface area contributed by atoms with E-state index >= 15 is 0 Å². The molecule has 2 rings (SSSR count). The van der Waals surface area contributed by atoms with Crippen molar-refractivity contribution in [3.8, 4) is 0 Å². The van der Waals surface area contributed by atoms with E-state index in [0.717, 1.165) is 11.1 Å². The summed E-state index contributed by atoms with van der Waals surface area (Å²) in [6, 6.07) is 8.97. The molecule has 1 unspecified atom stereocenters. The van der Waals surface area contributed by atoms with Crippen LogP contribution in [-0.4, -0.2) is 18.0 Å².